The lowest BCUT2D eigenvalue weighted by molar-refractivity contribution is 0.154. The minimum absolute atomic E-state index is 0.225. The van der Waals surface area contributed by atoms with Gasteiger partial charge in [0.15, 0.2) is 0 Å². The molecule has 4 aliphatic rings. The van der Waals surface area contributed by atoms with Crippen LogP contribution < -0.4 is 0 Å². The van der Waals surface area contributed by atoms with Crippen molar-refractivity contribution in [2.75, 3.05) is 6.61 Å². The van der Waals surface area contributed by atoms with Gasteiger partial charge in [0.25, 0.3) is 0 Å². The second-order valence-electron chi connectivity index (χ2n) is 6.83. The molecule has 0 radical (unpaired) electrons. The maximum atomic E-state index is 8.99. The summed E-state index contributed by atoms with van der Waals surface area (Å²) in [4.78, 5) is 0. The Kier molecular flexibility index (Phi) is 2.12. The van der Waals surface area contributed by atoms with Gasteiger partial charge in [0.1, 0.15) is 0 Å². The van der Waals surface area contributed by atoms with Gasteiger partial charge in [-0.2, -0.15) is 0 Å². The number of hydrogen-bond acceptors (Lipinski definition) is 1. The van der Waals surface area contributed by atoms with E-state index in [0.29, 0.717) is 10.8 Å². The molecule has 4 fully saturated rings. The lowest BCUT2D eigenvalue weighted by Crippen LogP contribution is -2.26. The molecular weight excluding hydrogens is 196 g/mol. The number of rotatable bonds is 4. The van der Waals surface area contributed by atoms with Crippen LogP contribution in [0.5, 0.6) is 0 Å². The van der Waals surface area contributed by atoms with Crippen molar-refractivity contribution in [1.29, 1.82) is 0 Å². The van der Waals surface area contributed by atoms with Crippen molar-refractivity contribution in [3.05, 3.63) is 11.6 Å². The molecule has 5 atom stereocenters. The maximum absolute atomic E-state index is 8.99. The molecule has 4 bridgehead atoms. The first-order valence-corrected chi connectivity index (χ1v) is 6.80. The summed E-state index contributed by atoms with van der Waals surface area (Å²) in [5.41, 5.74) is 2.43. The van der Waals surface area contributed by atoms with E-state index in [1.165, 1.54) is 19.3 Å². The third-order valence-electron chi connectivity index (χ3n) is 6.53. The maximum Gasteiger partial charge on any atom is 0.0639 e. The molecular formula is C15H24O. The fourth-order valence-electron chi connectivity index (χ4n) is 5.19. The Morgan fingerprint density at radius 3 is 2.38 bits per heavy atom. The molecule has 0 heterocycles. The van der Waals surface area contributed by atoms with E-state index >= 15 is 0 Å². The second kappa shape index (κ2) is 3.13. The van der Waals surface area contributed by atoms with Gasteiger partial charge in [-0.1, -0.05) is 25.5 Å². The molecule has 3 unspecified atom stereocenters. The van der Waals surface area contributed by atoms with Crippen molar-refractivity contribution in [2.45, 2.75) is 46.5 Å². The Morgan fingerprint density at radius 1 is 1.31 bits per heavy atom. The lowest BCUT2D eigenvalue weighted by atomic mass is 9.71. The van der Waals surface area contributed by atoms with E-state index in [2.05, 4.69) is 19.9 Å². The zero-order valence-electron chi connectivity index (χ0n) is 10.8. The van der Waals surface area contributed by atoms with E-state index in [4.69, 9.17) is 5.11 Å². The van der Waals surface area contributed by atoms with Crippen LogP contribution in [0.3, 0.4) is 0 Å². The molecule has 90 valence electrons. The molecule has 0 aromatic rings. The minimum Gasteiger partial charge on any atom is -0.392 e. The van der Waals surface area contributed by atoms with Crippen LogP contribution in [0, 0.1) is 28.6 Å². The molecule has 1 nitrogen and oxygen atoms in total. The van der Waals surface area contributed by atoms with E-state index in [9.17, 15) is 0 Å². The van der Waals surface area contributed by atoms with Crippen molar-refractivity contribution in [1.82, 2.24) is 0 Å². The summed E-state index contributed by atoms with van der Waals surface area (Å²) < 4.78 is 0. The number of allylic oxidation sites excluding steroid dienone is 1. The molecule has 16 heavy (non-hydrogen) atoms. The van der Waals surface area contributed by atoms with E-state index in [-0.39, 0.29) is 6.61 Å². The quantitative estimate of drug-likeness (QED) is 0.720. The zero-order valence-corrected chi connectivity index (χ0v) is 10.8. The average Bonchev–Trinajstić information content (AvgIpc) is 2.62. The van der Waals surface area contributed by atoms with Gasteiger partial charge in [-0.05, 0) is 61.2 Å². The van der Waals surface area contributed by atoms with Crippen LogP contribution in [0.25, 0.3) is 0 Å². The van der Waals surface area contributed by atoms with Crippen LogP contribution in [0.2, 0.25) is 0 Å². The highest BCUT2D eigenvalue weighted by atomic mass is 16.3. The van der Waals surface area contributed by atoms with Crippen LogP contribution in [-0.2, 0) is 0 Å². The van der Waals surface area contributed by atoms with Gasteiger partial charge in [0.2, 0.25) is 0 Å². The van der Waals surface area contributed by atoms with Gasteiger partial charge in [-0.3, -0.25) is 0 Å². The fourth-order valence-corrected chi connectivity index (χ4v) is 5.19. The Labute approximate surface area is 98.9 Å². The van der Waals surface area contributed by atoms with Crippen LogP contribution in [0.15, 0.2) is 11.6 Å². The Balaban J connectivity index is 1.68. The molecule has 1 N–H and O–H groups in total. The first kappa shape index (κ1) is 10.8. The SMILES string of the molecule is C/C(=C/CCC1(C)C2CC3[C@@H](C2)[C@]31C)CO. The molecule has 4 rings (SSSR count). The third kappa shape index (κ3) is 1.06. The third-order valence-corrected chi connectivity index (χ3v) is 6.53. The summed E-state index contributed by atoms with van der Waals surface area (Å²) in [6.07, 6.45) is 7.76. The van der Waals surface area contributed by atoms with E-state index in [1.807, 2.05) is 6.92 Å². The zero-order chi connectivity index (χ0) is 11.6. The standard InChI is InChI=1S/C15H24O/c1-10(9-16)5-4-6-14(2)11-7-12-13(8-11)15(12,14)3/h5,11-13,16H,4,6-9H2,1-3H3/b10-5-/t11?,12-,13?,14?,15-/m1/s1. The molecule has 0 amide bonds. The van der Waals surface area contributed by atoms with Gasteiger partial charge in [0, 0.05) is 0 Å². The summed E-state index contributed by atoms with van der Waals surface area (Å²) in [6.45, 7) is 7.33. The first-order chi connectivity index (χ1) is 7.54. The smallest absolute Gasteiger partial charge is 0.0639 e. The Bertz CT molecular complexity index is 331. The van der Waals surface area contributed by atoms with E-state index in [1.54, 1.807) is 0 Å². The normalized spacial score (nSPS) is 53.5. The van der Waals surface area contributed by atoms with Gasteiger partial charge >= 0.3 is 0 Å². The predicted octanol–water partition coefficient (Wildman–Crippen LogP) is 3.39. The van der Waals surface area contributed by atoms with Gasteiger partial charge in [-0.15, -0.1) is 0 Å². The van der Waals surface area contributed by atoms with Gasteiger partial charge in [0.05, 0.1) is 6.61 Å². The van der Waals surface area contributed by atoms with Crippen molar-refractivity contribution < 1.29 is 5.11 Å². The van der Waals surface area contributed by atoms with Gasteiger partial charge < -0.3 is 5.11 Å². The molecule has 0 aromatic heterocycles. The number of hydrogen-bond donors (Lipinski definition) is 1. The monoisotopic (exact) mass is 220 g/mol. The van der Waals surface area contributed by atoms with Crippen molar-refractivity contribution in [3.8, 4) is 0 Å². The highest BCUT2D eigenvalue weighted by Crippen LogP contribution is 2.87. The summed E-state index contributed by atoms with van der Waals surface area (Å²) in [6, 6.07) is 0. The fraction of sp³-hybridized carbons (Fsp3) is 0.867. The topological polar surface area (TPSA) is 20.2 Å². The number of aliphatic hydroxyl groups excluding tert-OH is 1. The molecule has 4 saturated carbocycles. The molecule has 0 spiro atoms. The highest BCUT2D eigenvalue weighted by molar-refractivity contribution is 5.29. The average molecular weight is 220 g/mol. The Morgan fingerprint density at radius 2 is 1.94 bits per heavy atom. The molecule has 0 saturated heterocycles. The van der Waals surface area contributed by atoms with E-state index in [0.717, 1.165) is 29.7 Å². The predicted molar refractivity (Wildman–Crippen MR) is 66.0 cm³/mol. The summed E-state index contributed by atoms with van der Waals surface area (Å²) in [5.74, 6) is 3.16. The summed E-state index contributed by atoms with van der Waals surface area (Å²) >= 11 is 0. The summed E-state index contributed by atoms with van der Waals surface area (Å²) in [7, 11) is 0. The van der Waals surface area contributed by atoms with E-state index < -0.39 is 0 Å². The lowest BCUT2D eigenvalue weighted by Gasteiger charge is -2.34. The largest absolute Gasteiger partial charge is 0.392 e. The van der Waals surface area contributed by atoms with Crippen LogP contribution in [0.4, 0.5) is 0 Å². The van der Waals surface area contributed by atoms with Crippen molar-refractivity contribution in [2.24, 2.45) is 28.6 Å². The first-order valence-electron chi connectivity index (χ1n) is 6.80. The van der Waals surface area contributed by atoms with Crippen molar-refractivity contribution >= 4 is 0 Å². The number of aliphatic hydroxyl groups is 1. The molecule has 0 aliphatic heterocycles. The molecule has 1 heteroatoms. The van der Waals surface area contributed by atoms with Crippen LogP contribution in [-0.4, -0.2) is 11.7 Å². The van der Waals surface area contributed by atoms with Crippen LogP contribution >= 0.6 is 0 Å². The van der Waals surface area contributed by atoms with Gasteiger partial charge in [-0.25, -0.2) is 0 Å². The molecule has 0 aromatic carbocycles. The summed E-state index contributed by atoms with van der Waals surface area (Å²) in [5, 5.41) is 8.99. The van der Waals surface area contributed by atoms with Crippen molar-refractivity contribution in [3.63, 3.8) is 0 Å². The second-order valence-corrected chi connectivity index (χ2v) is 6.83. The van der Waals surface area contributed by atoms with Crippen LogP contribution in [0.1, 0.15) is 46.5 Å². The minimum atomic E-state index is 0.225. The highest BCUT2D eigenvalue weighted by Gasteiger charge is 2.80. The Hall–Kier alpha value is -0.300. The molecule has 4 aliphatic carbocycles.